The van der Waals surface area contributed by atoms with Crippen molar-refractivity contribution in [2.45, 2.75) is 13.8 Å². The van der Waals surface area contributed by atoms with Crippen molar-refractivity contribution >= 4 is 0 Å². The molecule has 0 aliphatic rings. The van der Waals surface area contributed by atoms with E-state index >= 15 is 0 Å². The van der Waals surface area contributed by atoms with Gasteiger partial charge in [-0.05, 0) is 0 Å². The average Bonchev–Trinajstić information content (AvgIpc) is 1.35. The summed E-state index contributed by atoms with van der Waals surface area (Å²) in [5.74, 6) is 0.475. The van der Waals surface area contributed by atoms with Gasteiger partial charge in [-0.1, -0.05) is 19.8 Å². The van der Waals surface area contributed by atoms with Crippen molar-refractivity contribution < 1.29 is 18.9 Å². The Labute approximate surface area is 57.5 Å². The first-order chi connectivity index (χ1) is 2.77. The van der Waals surface area contributed by atoms with Gasteiger partial charge in [-0.2, -0.15) is 0 Å². The Hall–Kier alpha value is 0.117. The van der Waals surface area contributed by atoms with Crippen LogP contribution in [0.2, 0.25) is 0 Å². The van der Waals surface area contributed by atoms with Crippen LogP contribution in [0.15, 0.2) is 12.3 Å². The second kappa shape index (κ2) is 6.12. The summed E-state index contributed by atoms with van der Waals surface area (Å²) in [4.78, 5) is 0. The van der Waals surface area contributed by atoms with Gasteiger partial charge in [0.1, 0.15) is 0 Å². The Morgan fingerprint density at radius 3 is 2.00 bits per heavy atom. The summed E-state index contributed by atoms with van der Waals surface area (Å²) in [5.41, 5.74) is 2.57. The van der Waals surface area contributed by atoms with Gasteiger partial charge in [-0.15, -0.1) is 0 Å². The van der Waals surface area contributed by atoms with Gasteiger partial charge in [-0.25, -0.2) is 12.7 Å². The van der Waals surface area contributed by atoms with Crippen LogP contribution >= 0.6 is 0 Å². The van der Waals surface area contributed by atoms with E-state index in [9.17, 15) is 0 Å². The quantitative estimate of drug-likeness (QED) is 0.214. The Morgan fingerprint density at radius 2 is 2.00 bits per heavy atom. The van der Waals surface area contributed by atoms with Crippen molar-refractivity contribution in [3.63, 3.8) is 0 Å². The van der Waals surface area contributed by atoms with Crippen molar-refractivity contribution in [1.82, 2.24) is 0 Å². The number of rotatable bonds is 1. The van der Waals surface area contributed by atoms with E-state index in [0.29, 0.717) is 5.92 Å². The number of hydrogen-bond acceptors (Lipinski definition) is 0. The van der Waals surface area contributed by atoms with E-state index in [-0.39, 0.29) is 18.9 Å². The molecule has 0 rings (SSSR count). The molecule has 0 aromatic heterocycles. The molecule has 0 atom stereocenters. The number of hydrogen-bond donors (Lipinski definition) is 0. The smallest absolute Gasteiger partial charge is 0.338 e. The molecule has 0 aromatic rings. The molecule has 0 radical (unpaired) electrons. The molecule has 0 saturated heterocycles. The maximum atomic E-state index is 3.36. The van der Waals surface area contributed by atoms with E-state index in [1.165, 1.54) is 0 Å². The molecule has 7 heavy (non-hydrogen) atoms. The maximum absolute atomic E-state index is 3.36. The summed E-state index contributed by atoms with van der Waals surface area (Å²) in [6, 6.07) is 0. The van der Waals surface area contributed by atoms with Gasteiger partial charge < -0.3 is 5.73 Å². The van der Waals surface area contributed by atoms with Gasteiger partial charge in [-0.3, -0.25) is 0 Å². The first-order valence-electron chi connectivity index (χ1n) is 2.05. The van der Waals surface area contributed by atoms with Crippen molar-refractivity contribution in [2.24, 2.45) is 5.92 Å². The predicted octanol–water partition coefficient (Wildman–Crippen LogP) is -1.21. The van der Waals surface area contributed by atoms with Crippen LogP contribution in [0.25, 0.3) is 0 Å². The van der Waals surface area contributed by atoms with Crippen LogP contribution < -0.4 is 18.9 Å². The summed E-state index contributed by atoms with van der Waals surface area (Å²) in [6.07, 6.45) is 2.85. The molecule has 0 saturated carbocycles. The zero-order valence-corrected chi connectivity index (χ0v) is 5.28. The second-order valence-corrected chi connectivity index (χ2v) is 1.48. The fourth-order valence-corrected chi connectivity index (χ4v) is 0.204. The second-order valence-electron chi connectivity index (χ2n) is 1.48. The van der Waals surface area contributed by atoms with Gasteiger partial charge in [0.15, 0.2) is 0 Å². The largest absolute Gasteiger partial charge is 1.00 e. The Morgan fingerprint density at radius 1 is 1.57 bits per heavy atom. The molecule has 34 valence electrons. The van der Waals surface area contributed by atoms with Gasteiger partial charge >= 0.3 is 18.9 Å². The first kappa shape index (κ1) is 10.2. The molecule has 0 aliphatic heterocycles. The van der Waals surface area contributed by atoms with E-state index < -0.39 is 0 Å². The van der Waals surface area contributed by atoms with E-state index in [0.717, 1.165) is 0 Å². The summed E-state index contributed by atoms with van der Waals surface area (Å²) in [7, 11) is 0. The van der Waals surface area contributed by atoms with E-state index in [4.69, 9.17) is 0 Å². The summed E-state index contributed by atoms with van der Waals surface area (Å²) >= 11 is 0. The molecule has 0 bridgehead atoms. The summed E-state index contributed by atoms with van der Waals surface area (Å²) in [5, 5.41) is 0. The molecule has 0 aliphatic carbocycles. The summed E-state index contributed by atoms with van der Waals surface area (Å²) in [6.45, 7) is 7.44. The molecule has 0 spiro atoms. The third kappa shape index (κ3) is 10.7. The molecule has 0 nitrogen and oxygen atoms in total. The van der Waals surface area contributed by atoms with Crippen LogP contribution in [0.1, 0.15) is 13.8 Å². The number of allylic oxidation sites excluding steroid dienone is 1. The van der Waals surface area contributed by atoms with Gasteiger partial charge in [0.25, 0.3) is 0 Å². The van der Waals surface area contributed by atoms with Crippen LogP contribution in [0, 0.1) is 12.0 Å². The van der Waals surface area contributed by atoms with Crippen molar-refractivity contribution in [1.29, 1.82) is 0 Å². The minimum absolute atomic E-state index is 0. The molecule has 0 unspecified atom stereocenters. The topological polar surface area (TPSA) is 0 Å². The van der Waals surface area contributed by atoms with Crippen molar-refractivity contribution in [2.75, 3.05) is 0 Å². The van der Waals surface area contributed by atoms with E-state index in [1.54, 1.807) is 0 Å². The summed E-state index contributed by atoms with van der Waals surface area (Å²) < 4.78 is 0. The van der Waals surface area contributed by atoms with Crippen molar-refractivity contribution in [3.8, 4) is 0 Å². The molecule has 0 fully saturated rings. The zero-order valence-electron chi connectivity index (χ0n) is 5.28. The average molecular weight is 88.1 g/mol. The fraction of sp³-hybridized carbons (Fsp3) is 0.500. The monoisotopic (exact) mass is 88.1 g/mol. The predicted molar refractivity (Wildman–Crippen MR) is 27.2 cm³/mol. The van der Waals surface area contributed by atoms with Gasteiger partial charge in [0.05, 0.1) is 0 Å². The normalized spacial score (nSPS) is 6.71. The fourth-order valence-electron chi connectivity index (χ4n) is 0.204. The third-order valence-electron chi connectivity index (χ3n) is 0.391. The van der Waals surface area contributed by atoms with Crippen LogP contribution in [0.3, 0.4) is 0 Å². The molecular formula is C6H9Li. The zero-order chi connectivity index (χ0) is 4.99. The maximum Gasteiger partial charge on any atom is 1.00 e. The third-order valence-corrected chi connectivity index (χ3v) is 0.391. The Bertz CT molecular complexity index is 68.2. The Kier molecular flexibility index (Phi) is 8.89. The molecular weight excluding hydrogens is 79.0 g/mol. The SMILES string of the molecule is C=C=[C-]C(C)C.[Li+]. The van der Waals surface area contributed by atoms with Crippen LogP contribution in [0.5, 0.6) is 0 Å². The van der Waals surface area contributed by atoms with Gasteiger partial charge in [0, 0.05) is 0 Å². The van der Waals surface area contributed by atoms with Gasteiger partial charge in [0.2, 0.25) is 0 Å². The van der Waals surface area contributed by atoms with Crippen molar-refractivity contribution in [3.05, 3.63) is 18.4 Å². The first-order valence-corrected chi connectivity index (χ1v) is 2.05. The van der Waals surface area contributed by atoms with E-state index in [1.807, 2.05) is 13.8 Å². The van der Waals surface area contributed by atoms with Crippen LogP contribution in [-0.4, -0.2) is 0 Å². The molecule has 0 heterocycles. The minimum atomic E-state index is 0. The van der Waals surface area contributed by atoms with Crippen LogP contribution in [-0.2, 0) is 0 Å². The Balaban J connectivity index is 0. The molecule has 0 N–H and O–H groups in total. The van der Waals surface area contributed by atoms with Crippen LogP contribution in [0.4, 0.5) is 0 Å². The molecule has 0 amide bonds. The van der Waals surface area contributed by atoms with E-state index in [2.05, 4.69) is 18.4 Å². The standard InChI is InChI=1S/C6H9.Li/c1-4-5-6(2)3;/h6H,1H2,2-3H3;/q-1;+1. The molecule has 1 heteroatoms. The molecule has 0 aromatic carbocycles. The minimum Gasteiger partial charge on any atom is -0.338 e.